The van der Waals surface area contributed by atoms with Crippen LogP contribution >= 0.6 is 0 Å². The number of allylic oxidation sites excluding steroid dienone is 1. The number of unbranched alkanes of at least 4 members (excludes halogenated alkanes) is 1. The summed E-state index contributed by atoms with van der Waals surface area (Å²) in [6.07, 6.45) is 11.3. The number of rotatable bonds is 6. The number of hydrogen-bond acceptors (Lipinski definition) is 1. The summed E-state index contributed by atoms with van der Waals surface area (Å²) in [6.45, 7) is 6.10. The Morgan fingerprint density at radius 1 is 1.00 bits per heavy atom. The third-order valence-corrected chi connectivity index (χ3v) is 7.01. The van der Waals surface area contributed by atoms with E-state index in [1.807, 2.05) is 6.08 Å². The van der Waals surface area contributed by atoms with Gasteiger partial charge in [-0.25, -0.2) is 0 Å². The van der Waals surface area contributed by atoms with Crippen LogP contribution in [0, 0.1) is 29.6 Å². The summed E-state index contributed by atoms with van der Waals surface area (Å²) in [7, 11) is 0. The van der Waals surface area contributed by atoms with Crippen molar-refractivity contribution >= 4 is 0 Å². The van der Waals surface area contributed by atoms with Crippen molar-refractivity contribution in [3.63, 3.8) is 0 Å². The molecule has 0 aromatic heterocycles. The van der Waals surface area contributed by atoms with E-state index < -0.39 is 12.0 Å². The molecule has 0 aromatic carbocycles. The van der Waals surface area contributed by atoms with Crippen molar-refractivity contribution in [3.8, 4) is 0 Å². The van der Waals surface area contributed by atoms with Gasteiger partial charge in [0.05, 0.1) is 12.0 Å². The molecule has 1 heterocycles. The highest BCUT2D eigenvalue weighted by molar-refractivity contribution is 4.99. The zero-order valence-corrected chi connectivity index (χ0v) is 15.2. The molecule has 0 spiro atoms. The molecule has 3 heteroatoms. The maximum Gasteiger partial charge on any atom is 0.361 e. The first-order valence-corrected chi connectivity index (χ1v) is 10.2. The molecule has 0 aromatic rings. The van der Waals surface area contributed by atoms with Crippen LogP contribution in [0.5, 0.6) is 0 Å². The summed E-state index contributed by atoms with van der Waals surface area (Å²) in [6, 6.07) is 0. The Morgan fingerprint density at radius 2 is 1.62 bits per heavy atom. The second-order valence-corrected chi connectivity index (χ2v) is 8.50. The Labute approximate surface area is 146 Å². The van der Waals surface area contributed by atoms with E-state index >= 15 is 0 Å². The van der Waals surface area contributed by atoms with Gasteiger partial charge in [0.25, 0.3) is 0 Å². The molecular formula is C21H34F2O. The molecule has 0 amide bonds. The molecule has 1 nitrogen and oxygen atoms in total. The summed E-state index contributed by atoms with van der Waals surface area (Å²) in [5.41, 5.74) is 0. The van der Waals surface area contributed by atoms with E-state index in [9.17, 15) is 8.78 Å². The standard InChI is InChI=1S/C21H34F2O/c1-3-5-6-16-9-13-18(14-10-16)20-19(21(22,23)24-20)17-11-7-15(4-2)8-12-17/h4,15-20H,2-3,5-14H2,1H3/t15-,16?,17-,18?,19-,20-/m0/s1. The molecule has 2 aliphatic carbocycles. The van der Waals surface area contributed by atoms with Gasteiger partial charge < -0.3 is 4.74 Å². The highest BCUT2D eigenvalue weighted by Crippen LogP contribution is 2.55. The lowest BCUT2D eigenvalue weighted by Gasteiger charge is -2.53. The zero-order chi connectivity index (χ0) is 17.2. The van der Waals surface area contributed by atoms with E-state index in [1.54, 1.807) is 0 Å². The largest absolute Gasteiger partial charge is 0.361 e. The molecule has 0 radical (unpaired) electrons. The lowest BCUT2D eigenvalue weighted by Crippen LogP contribution is -2.61. The molecule has 1 saturated heterocycles. The Morgan fingerprint density at radius 3 is 2.17 bits per heavy atom. The molecule has 0 bridgehead atoms. The molecular weight excluding hydrogens is 306 g/mol. The van der Waals surface area contributed by atoms with Crippen LogP contribution in [-0.4, -0.2) is 12.2 Å². The summed E-state index contributed by atoms with van der Waals surface area (Å²) in [4.78, 5) is 0. The van der Waals surface area contributed by atoms with Crippen molar-refractivity contribution in [1.82, 2.24) is 0 Å². The van der Waals surface area contributed by atoms with Crippen molar-refractivity contribution in [2.24, 2.45) is 29.6 Å². The lowest BCUT2D eigenvalue weighted by atomic mass is 9.66. The molecule has 24 heavy (non-hydrogen) atoms. The fraction of sp³-hybridized carbons (Fsp3) is 0.905. The predicted octanol–water partition coefficient (Wildman–Crippen LogP) is 6.58. The molecule has 3 fully saturated rings. The van der Waals surface area contributed by atoms with E-state index in [1.165, 1.54) is 32.1 Å². The average molecular weight is 340 g/mol. The monoisotopic (exact) mass is 340 g/mol. The van der Waals surface area contributed by atoms with Crippen molar-refractivity contribution in [1.29, 1.82) is 0 Å². The fourth-order valence-corrected chi connectivity index (χ4v) is 5.42. The molecule has 3 rings (SSSR count). The quantitative estimate of drug-likeness (QED) is 0.496. The van der Waals surface area contributed by atoms with Crippen LogP contribution in [0.25, 0.3) is 0 Å². The summed E-state index contributed by atoms with van der Waals surface area (Å²) >= 11 is 0. The van der Waals surface area contributed by atoms with Gasteiger partial charge in [0.15, 0.2) is 0 Å². The second-order valence-electron chi connectivity index (χ2n) is 8.50. The number of ether oxygens (including phenoxy) is 1. The molecule has 3 aliphatic rings. The highest BCUT2D eigenvalue weighted by Gasteiger charge is 2.62. The van der Waals surface area contributed by atoms with E-state index in [0.29, 0.717) is 11.8 Å². The molecule has 2 saturated carbocycles. The SMILES string of the molecule is C=C[C@H]1CC[C@H]([C@H]2[C@H](C3CCC(CCCC)CC3)OC2(F)F)CC1. The molecule has 138 valence electrons. The first-order chi connectivity index (χ1) is 11.5. The van der Waals surface area contributed by atoms with Gasteiger partial charge in [0.2, 0.25) is 0 Å². The maximum absolute atomic E-state index is 14.2. The average Bonchev–Trinajstić information content (AvgIpc) is 2.59. The third-order valence-electron chi connectivity index (χ3n) is 7.01. The Kier molecular flexibility index (Phi) is 6.00. The predicted molar refractivity (Wildman–Crippen MR) is 93.9 cm³/mol. The highest BCUT2D eigenvalue weighted by atomic mass is 19.3. The van der Waals surface area contributed by atoms with E-state index in [4.69, 9.17) is 4.74 Å². The van der Waals surface area contributed by atoms with Gasteiger partial charge in [-0.05, 0) is 62.2 Å². The molecule has 0 N–H and O–H groups in total. The smallest absolute Gasteiger partial charge is 0.316 e. The fourth-order valence-electron chi connectivity index (χ4n) is 5.42. The van der Waals surface area contributed by atoms with Crippen LogP contribution in [-0.2, 0) is 4.74 Å². The van der Waals surface area contributed by atoms with Crippen LogP contribution in [0.1, 0.15) is 77.6 Å². The van der Waals surface area contributed by atoms with Crippen molar-refractivity contribution in [2.45, 2.75) is 89.8 Å². The van der Waals surface area contributed by atoms with E-state index in [2.05, 4.69) is 13.5 Å². The lowest BCUT2D eigenvalue weighted by molar-refractivity contribution is -0.418. The maximum atomic E-state index is 14.2. The van der Waals surface area contributed by atoms with Crippen molar-refractivity contribution in [2.75, 3.05) is 0 Å². The minimum absolute atomic E-state index is 0.146. The third kappa shape index (κ3) is 3.86. The summed E-state index contributed by atoms with van der Waals surface area (Å²) in [5, 5.41) is 0. The summed E-state index contributed by atoms with van der Waals surface area (Å²) in [5.74, 6) is 1.34. The second kappa shape index (κ2) is 7.85. The van der Waals surface area contributed by atoms with Gasteiger partial charge >= 0.3 is 6.11 Å². The minimum Gasteiger partial charge on any atom is -0.316 e. The first-order valence-electron chi connectivity index (χ1n) is 10.2. The van der Waals surface area contributed by atoms with Gasteiger partial charge in [0, 0.05) is 0 Å². The van der Waals surface area contributed by atoms with Crippen molar-refractivity contribution in [3.05, 3.63) is 12.7 Å². The Balaban J connectivity index is 1.53. The van der Waals surface area contributed by atoms with E-state index in [-0.39, 0.29) is 12.0 Å². The zero-order valence-electron chi connectivity index (χ0n) is 15.2. The van der Waals surface area contributed by atoms with Crippen molar-refractivity contribution < 1.29 is 13.5 Å². The van der Waals surface area contributed by atoms with Crippen LogP contribution in [0.4, 0.5) is 8.78 Å². The van der Waals surface area contributed by atoms with Gasteiger partial charge in [-0.1, -0.05) is 45.1 Å². The summed E-state index contributed by atoms with van der Waals surface area (Å²) < 4.78 is 33.5. The number of alkyl halides is 2. The number of halogens is 2. The Hall–Kier alpha value is -0.440. The molecule has 1 aliphatic heterocycles. The van der Waals surface area contributed by atoms with Gasteiger partial charge in [-0.3, -0.25) is 0 Å². The van der Waals surface area contributed by atoms with Crippen LogP contribution in [0.15, 0.2) is 12.7 Å². The van der Waals surface area contributed by atoms with Gasteiger partial charge in [-0.15, -0.1) is 6.58 Å². The minimum atomic E-state index is -2.88. The first kappa shape index (κ1) is 18.4. The molecule has 0 unspecified atom stereocenters. The van der Waals surface area contributed by atoms with E-state index in [0.717, 1.165) is 44.4 Å². The van der Waals surface area contributed by atoms with Crippen LogP contribution in [0.3, 0.4) is 0 Å². The Bertz CT molecular complexity index is 406. The number of hydrogen-bond donors (Lipinski definition) is 0. The normalized spacial score (nSPS) is 42.3. The van der Waals surface area contributed by atoms with Gasteiger partial charge in [0.1, 0.15) is 0 Å². The van der Waals surface area contributed by atoms with Gasteiger partial charge in [-0.2, -0.15) is 8.78 Å². The van der Waals surface area contributed by atoms with Crippen LogP contribution < -0.4 is 0 Å². The van der Waals surface area contributed by atoms with Crippen LogP contribution in [0.2, 0.25) is 0 Å². The molecule has 2 atom stereocenters. The topological polar surface area (TPSA) is 9.23 Å².